The van der Waals surface area contributed by atoms with Crippen molar-refractivity contribution < 1.29 is 4.79 Å². The van der Waals surface area contributed by atoms with Gasteiger partial charge < -0.3 is 14.9 Å². The first-order valence-electron chi connectivity index (χ1n) is 8.48. The number of para-hydroxylation sites is 2. The molecule has 2 N–H and O–H groups in total. The number of hydrogen-bond acceptors (Lipinski definition) is 2. The molecule has 2 aromatic heterocycles. The molecule has 0 aliphatic rings. The predicted octanol–water partition coefficient (Wildman–Crippen LogP) is 3.42. The van der Waals surface area contributed by atoms with Gasteiger partial charge in [0.05, 0.1) is 11.0 Å². The van der Waals surface area contributed by atoms with Crippen molar-refractivity contribution in [3.05, 3.63) is 66.1 Å². The molecule has 0 aliphatic heterocycles. The Hall–Kier alpha value is -3.08. The minimum atomic E-state index is -0.0265. The standard InChI is InChI=1S/C20H20N4O/c1-24-13-11-14-15(6-4-9-18(14)24)20(25)21-12-5-10-19-22-16-7-2-3-8-17(16)23-19/h2-4,6-9,11,13H,5,10,12H2,1H3,(H,21,25)(H,22,23). The van der Waals surface area contributed by atoms with E-state index in [0.717, 1.165) is 46.2 Å². The molecule has 2 aromatic carbocycles. The topological polar surface area (TPSA) is 62.7 Å². The lowest BCUT2D eigenvalue weighted by molar-refractivity contribution is 0.0955. The van der Waals surface area contributed by atoms with E-state index in [-0.39, 0.29) is 5.91 Å². The second-order valence-electron chi connectivity index (χ2n) is 6.23. The number of aromatic amines is 1. The summed E-state index contributed by atoms with van der Waals surface area (Å²) in [5, 5.41) is 4.00. The van der Waals surface area contributed by atoms with Crippen LogP contribution in [0.25, 0.3) is 21.9 Å². The highest BCUT2D eigenvalue weighted by molar-refractivity contribution is 6.06. The monoisotopic (exact) mass is 332 g/mol. The number of hydrogen-bond donors (Lipinski definition) is 2. The highest BCUT2D eigenvalue weighted by atomic mass is 16.1. The van der Waals surface area contributed by atoms with Crippen LogP contribution in [0.2, 0.25) is 0 Å². The molecule has 0 radical (unpaired) electrons. The van der Waals surface area contributed by atoms with Crippen molar-refractivity contribution in [1.82, 2.24) is 19.9 Å². The van der Waals surface area contributed by atoms with E-state index in [0.29, 0.717) is 6.54 Å². The number of nitrogens with zero attached hydrogens (tertiary/aromatic N) is 2. The normalized spacial score (nSPS) is 11.2. The molecule has 0 unspecified atom stereocenters. The molecular formula is C20H20N4O. The van der Waals surface area contributed by atoms with E-state index >= 15 is 0 Å². The number of aromatic nitrogens is 3. The van der Waals surface area contributed by atoms with Gasteiger partial charge in [-0.2, -0.15) is 0 Å². The Morgan fingerprint density at radius 2 is 2.04 bits per heavy atom. The summed E-state index contributed by atoms with van der Waals surface area (Å²) in [4.78, 5) is 20.4. The van der Waals surface area contributed by atoms with E-state index in [1.165, 1.54) is 0 Å². The number of rotatable bonds is 5. The number of H-pyrrole nitrogens is 1. The molecule has 2 heterocycles. The number of carbonyl (C=O) groups excluding carboxylic acids is 1. The molecule has 5 heteroatoms. The van der Waals surface area contributed by atoms with Crippen LogP contribution in [0.4, 0.5) is 0 Å². The van der Waals surface area contributed by atoms with Gasteiger partial charge in [-0.1, -0.05) is 18.2 Å². The number of carbonyl (C=O) groups is 1. The van der Waals surface area contributed by atoms with Gasteiger partial charge in [-0.25, -0.2) is 4.98 Å². The number of nitrogens with one attached hydrogen (secondary N) is 2. The Morgan fingerprint density at radius 3 is 2.92 bits per heavy atom. The van der Waals surface area contributed by atoms with Crippen molar-refractivity contribution in [2.45, 2.75) is 12.8 Å². The van der Waals surface area contributed by atoms with E-state index < -0.39 is 0 Å². The lowest BCUT2D eigenvalue weighted by atomic mass is 10.1. The van der Waals surface area contributed by atoms with E-state index in [1.54, 1.807) is 0 Å². The van der Waals surface area contributed by atoms with Crippen LogP contribution in [0.5, 0.6) is 0 Å². The highest BCUT2D eigenvalue weighted by Crippen LogP contribution is 2.19. The first-order valence-corrected chi connectivity index (χ1v) is 8.48. The predicted molar refractivity (Wildman–Crippen MR) is 99.7 cm³/mol. The molecule has 4 aromatic rings. The minimum absolute atomic E-state index is 0.0265. The lowest BCUT2D eigenvalue weighted by Gasteiger charge is -2.06. The number of benzene rings is 2. The molecule has 25 heavy (non-hydrogen) atoms. The van der Waals surface area contributed by atoms with Crippen LogP contribution in [0.15, 0.2) is 54.7 Å². The summed E-state index contributed by atoms with van der Waals surface area (Å²) < 4.78 is 2.02. The van der Waals surface area contributed by atoms with Crippen LogP contribution >= 0.6 is 0 Å². The smallest absolute Gasteiger partial charge is 0.251 e. The van der Waals surface area contributed by atoms with Crippen molar-refractivity contribution in [2.75, 3.05) is 6.54 Å². The summed E-state index contributed by atoms with van der Waals surface area (Å²) >= 11 is 0. The SMILES string of the molecule is Cn1ccc2c(C(=O)NCCCc3nc4ccccc4[nH]3)cccc21. The molecular weight excluding hydrogens is 312 g/mol. The second kappa shape index (κ2) is 6.43. The van der Waals surface area contributed by atoms with Gasteiger partial charge in [-0.15, -0.1) is 0 Å². The highest BCUT2D eigenvalue weighted by Gasteiger charge is 2.11. The first kappa shape index (κ1) is 15.4. The Labute approximate surface area is 145 Å². The molecule has 126 valence electrons. The fraction of sp³-hybridized carbons (Fsp3) is 0.200. The molecule has 0 atom stereocenters. The molecule has 4 rings (SSSR count). The Morgan fingerprint density at radius 1 is 1.16 bits per heavy atom. The number of aryl methyl sites for hydroxylation is 2. The van der Waals surface area contributed by atoms with Gasteiger partial charge >= 0.3 is 0 Å². The fourth-order valence-corrected chi connectivity index (χ4v) is 3.18. The Balaban J connectivity index is 1.37. The quantitative estimate of drug-likeness (QED) is 0.550. The van der Waals surface area contributed by atoms with Crippen molar-refractivity contribution in [1.29, 1.82) is 0 Å². The van der Waals surface area contributed by atoms with Gasteiger partial charge in [0.1, 0.15) is 5.82 Å². The van der Waals surface area contributed by atoms with Gasteiger partial charge in [-0.05, 0) is 36.8 Å². The first-order chi connectivity index (χ1) is 12.2. The number of fused-ring (bicyclic) bond motifs is 2. The van der Waals surface area contributed by atoms with Crippen LogP contribution in [-0.4, -0.2) is 27.0 Å². The van der Waals surface area contributed by atoms with Gasteiger partial charge in [-0.3, -0.25) is 4.79 Å². The Bertz CT molecular complexity index is 1010. The third kappa shape index (κ3) is 3.01. The number of amides is 1. The summed E-state index contributed by atoms with van der Waals surface area (Å²) in [6, 6.07) is 15.8. The maximum atomic E-state index is 12.5. The summed E-state index contributed by atoms with van der Waals surface area (Å²) in [5.41, 5.74) is 3.83. The molecule has 0 saturated carbocycles. The van der Waals surface area contributed by atoms with Crippen molar-refractivity contribution >= 4 is 27.8 Å². The summed E-state index contributed by atoms with van der Waals surface area (Å²) in [5.74, 6) is 0.932. The van der Waals surface area contributed by atoms with Crippen LogP contribution in [0.1, 0.15) is 22.6 Å². The van der Waals surface area contributed by atoms with E-state index in [2.05, 4.69) is 15.3 Å². The molecule has 0 spiro atoms. The van der Waals surface area contributed by atoms with Crippen LogP contribution in [0, 0.1) is 0 Å². The van der Waals surface area contributed by atoms with Gasteiger partial charge in [0.25, 0.3) is 5.91 Å². The third-order valence-electron chi connectivity index (χ3n) is 4.49. The second-order valence-corrected chi connectivity index (χ2v) is 6.23. The van der Waals surface area contributed by atoms with Crippen LogP contribution < -0.4 is 5.32 Å². The van der Waals surface area contributed by atoms with Crippen molar-refractivity contribution in [3.8, 4) is 0 Å². The van der Waals surface area contributed by atoms with Gasteiger partial charge in [0, 0.05) is 42.7 Å². The average molecular weight is 332 g/mol. The van der Waals surface area contributed by atoms with Gasteiger partial charge in [0.2, 0.25) is 0 Å². The molecule has 0 fully saturated rings. The lowest BCUT2D eigenvalue weighted by Crippen LogP contribution is -2.25. The zero-order valence-electron chi connectivity index (χ0n) is 14.1. The fourth-order valence-electron chi connectivity index (χ4n) is 3.18. The van der Waals surface area contributed by atoms with Crippen LogP contribution in [-0.2, 0) is 13.5 Å². The minimum Gasteiger partial charge on any atom is -0.352 e. The maximum absolute atomic E-state index is 12.5. The van der Waals surface area contributed by atoms with E-state index in [9.17, 15) is 4.79 Å². The van der Waals surface area contributed by atoms with Gasteiger partial charge in [0.15, 0.2) is 0 Å². The number of imidazole rings is 1. The van der Waals surface area contributed by atoms with Crippen LogP contribution in [0.3, 0.4) is 0 Å². The molecule has 5 nitrogen and oxygen atoms in total. The summed E-state index contributed by atoms with van der Waals surface area (Å²) in [6.45, 7) is 0.624. The zero-order chi connectivity index (χ0) is 17.2. The van der Waals surface area contributed by atoms with Crippen molar-refractivity contribution in [2.24, 2.45) is 7.05 Å². The molecule has 0 aliphatic carbocycles. The summed E-state index contributed by atoms with van der Waals surface area (Å²) in [7, 11) is 1.98. The Kier molecular flexibility index (Phi) is 3.98. The maximum Gasteiger partial charge on any atom is 0.251 e. The molecule has 0 bridgehead atoms. The van der Waals surface area contributed by atoms with E-state index in [1.807, 2.05) is 66.3 Å². The van der Waals surface area contributed by atoms with Crippen molar-refractivity contribution in [3.63, 3.8) is 0 Å². The third-order valence-corrected chi connectivity index (χ3v) is 4.49. The molecule has 1 amide bonds. The largest absolute Gasteiger partial charge is 0.352 e. The average Bonchev–Trinajstić information content (AvgIpc) is 3.22. The van der Waals surface area contributed by atoms with E-state index in [4.69, 9.17) is 0 Å². The summed E-state index contributed by atoms with van der Waals surface area (Å²) in [6.07, 6.45) is 3.63. The molecule has 0 saturated heterocycles. The zero-order valence-corrected chi connectivity index (χ0v) is 14.1.